The van der Waals surface area contributed by atoms with Crippen LogP contribution in [-0.4, -0.2) is 18.5 Å². The van der Waals surface area contributed by atoms with Crippen LogP contribution in [0, 0.1) is 0 Å². The average molecular weight is 213 g/mol. The third-order valence-corrected chi connectivity index (χ3v) is 2.34. The summed E-state index contributed by atoms with van der Waals surface area (Å²) in [6, 6.07) is 3.77. The molecule has 0 aromatic carbocycles. The number of thiophene rings is 1. The maximum absolute atomic E-state index is 11.0. The van der Waals surface area contributed by atoms with Gasteiger partial charge in [-0.15, -0.1) is 11.3 Å². The van der Waals surface area contributed by atoms with Crippen molar-refractivity contribution in [2.24, 2.45) is 0 Å². The van der Waals surface area contributed by atoms with Gasteiger partial charge in [-0.25, -0.2) is 4.79 Å². The van der Waals surface area contributed by atoms with Crippen molar-refractivity contribution >= 4 is 23.2 Å². The highest BCUT2D eigenvalue weighted by Crippen LogP contribution is 2.07. The molecule has 76 valence electrons. The molecule has 0 spiro atoms. The second-order valence-corrected chi connectivity index (χ2v) is 3.51. The Bertz CT molecular complexity index is 308. The second kappa shape index (κ2) is 5.39. The number of carbonyl (C=O) groups is 2. The third-order valence-electron chi connectivity index (χ3n) is 1.46. The Kier molecular flexibility index (Phi) is 4.12. The van der Waals surface area contributed by atoms with E-state index in [0.717, 1.165) is 4.88 Å². The maximum Gasteiger partial charge on any atom is 0.396 e. The van der Waals surface area contributed by atoms with Crippen LogP contribution in [0.4, 0.5) is 0 Å². The standard InChI is InChI=1S/C9H11NO3S/c1-2-13-9(12)8(11)10-6-7-4-3-5-14-7/h3-5H,2,6H2,1H3,(H,10,11). The fraction of sp³-hybridized carbons (Fsp3) is 0.333. The molecule has 1 amide bonds. The molecule has 1 rings (SSSR count). The van der Waals surface area contributed by atoms with Crippen molar-refractivity contribution in [3.63, 3.8) is 0 Å². The fourth-order valence-corrected chi connectivity index (χ4v) is 1.49. The molecule has 1 aromatic rings. The van der Waals surface area contributed by atoms with Crippen molar-refractivity contribution in [3.05, 3.63) is 22.4 Å². The van der Waals surface area contributed by atoms with Crippen LogP contribution in [0.5, 0.6) is 0 Å². The van der Waals surface area contributed by atoms with Gasteiger partial charge >= 0.3 is 11.9 Å². The van der Waals surface area contributed by atoms with E-state index in [-0.39, 0.29) is 6.61 Å². The SMILES string of the molecule is CCOC(=O)C(=O)NCc1cccs1. The fourth-order valence-electron chi connectivity index (χ4n) is 0.849. The van der Waals surface area contributed by atoms with Gasteiger partial charge in [0.2, 0.25) is 0 Å². The summed E-state index contributed by atoms with van der Waals surface area (Å²) >= 11 is 1.52. The molecule has 0 radical (unpaired) electrons. The van der Waals surface area contributed by atoms with Gasteiger partial charge in [0.1, 0.15) is 0 Å². The quantitative estimate of drug-likeness (QED) is 0.600. The lowest BCUT2D eigenvalue weighted by atomic mass is 10.4. The molecule has 1 N–H and O–H groups in total. The number of carbonyl (C=O) groups excluding carboxylic acids is 2. The van der Waals surface area contributed by atoms with Crippen LogP contribution >= 0.6 is 11.3 Å². The molecule has 0 aliphatic rings. The second-order valence-electron chi connectivity index (χ2n) is 2.48. The van der Waals surface area contributed by atoms with Gasteiger partial charge < -0.3 is 10.1 Å². The van der Waals surface area contributed by atoms with Crippen molar-refractivity contribution in [2.75, 3.05) is 6.61 Å². The van der Waals surface area contributed by atoms with E-state index in [2.05, 4.69) is 10.1 Å². The zero-order valence-electron chi connectivity index (χ0n) is 7.78. The first-order chi connectivity index (χ1) is 6.74. The Morgan fingerprint density at radius 1 is 1.57 bits per heavy atom. The zero-order chi connectivity index (χ0) is 10.4. The lowest BCUT2D eigenvalue weighted by Gasteiger charge is -2.02. The molecule has 1 heterocycles. The Morgan fingerprint density at radius 3 is 2.93 bits per heavy atom. The summed E-state index contributed by atoms with van der Waals surface area (Å²) in [4.78, 5) is 22.9. The van der Waals surface area contributed by atoms with Crippen LogP contribution in [0.15, 0.2) is 17.5 Å². The zero-order valence-corrected chi connectivity index (χ0v) is 8.60. The van der Waals surface area contributed by atoms with Crippen LogP contribution in [-0.2, 0) is 20.9 Å². The number of esters is 1. The smallest absolute Gasteiger partial charge is 0.396 e. The summed E-state index contributed by atoms with van der Waals surface area (Å²) in [6.45, 7) is 2.24. The van der Waals surface area contributed by atoms with Crippen molar-refractivity contribution in [1.29, 1.82) is 0 Å². The Hall–Kier alpha value is -1.36. The lowest BCUT2D eigenvalue weighted by Crippen LogP contribution is -2.31. The normalized spacial score (nSPS) is 9.50. The van der Waals surface area contributed by atoms with Gasteiger partial charge in [-0.2, -0.15) is 0 Å². The molecule has 0 saturated carbocycles. The molecule has 0 unspecified atom stereocenters. The highest BCUT2D eigenvalue weighted by atomic mass is 32.1. The lowest BCUT2D eigenvalue weighted by molar-refractivity contribution is -0.154. The highest BCUT2D eigenvalue weighted by molar-refractivity contribution is 7.09. The van der Waals surface area contributed by atoms with Gasteiger partial charge in [0.05, 0.1) is 13.2 Å². The number of hydrogen-bond acceptors (Lipinski definition) is 4. The Balaban J connectivity index is 2.31. The highest BCUT2D eigenvalue weighted by Gasteiger charge is 2.13. The number of nitrogens with one attached hydrogen (secondary N) is 1. The van der Waals surface area contributed by atoms with Gasteiger partial charge in [-0.05, 0) is 18.4 Å². The third kappa shape index (κ3) is 3.18. The van der Waals surface area contributed by atoms with Gasteiger partial charge in [0.15, 0.2) is 0 Å². The number of rotatable bonds is 3. The molecule has 1 aromatic heterocycles. The van der Waals surface area contributed by atoms with Crippen molar-refractivity contribution < 1.29 is 14.3 Å². The summed E-state index contributed by atoms with van der Waals surface area (Å²) in [7, 11) is 0. The molecule has 0 bridgehead atoms. The van der Waals surface area contributed by atoms with Gasteiger partial charge in [0.25, 0.3) is 0 Å². The molecule has 0 fully saturated rings. The Labute approximate surface area is 85.9 Å². The Morgan fingerprint density at radius 2 is 2.36 bits per heavy atom. The predicted octanol–water partition coefficient (Wildman–Crippen LogP) is 0.927. The maximum atomic E-state index is 11.0. The summed E-state index contributed by atoms with van der Waals surface area (Å²) < 4.78 is 4.53. The van der Waals surface area contributed by atoms with Gasteiger partial charge in [0, 0.05) is 4.88 Å². The number of hydrogen-bond donors (Lipinski definition) is 1. The first-order valence-corrected chi connectivity index (χ1v) is 5.09. The first kappa shape index (κ1) is 10.7. The van der Waals surface area contributed by atoms with Crippen LogP contribution in [0.3, 0.4) is 0 Å². The van der Waals surface area contributed by atoms with E-state index in [0.29, 0.717) is 6.54 Å². The van der Waals surface area contributed by atoms with E-state index in [1.807, 2.05) is 17.5 Å². The minimum Gasteiger partial charge on any atom is -0.459 e. The summed E-state index contributed by atoms with van der Waals surface area (Å²) in [5.74, 6) is -1.52. The van der Waals surface area contributed by atoms with Gasteiger partial charge in [-0.3, -0.25) is 4.79 Å². The molecule has 4 nitrogen and oxygen atoms in total. The van der Waals surface area contributed by atoms with E-state index < -0.39 is 11.9 Å². The molecular weight excluding hydrogens is 202 g/mol. The largest absolute Gasteiger partial charge is 0.459 e. The van der Waals surface area contributed by atoms with Crippen LogP contribution in [0.2, 0.25) is 0 Å². The molecule has 0 atom stereocenters. The van der Waals surface area contributed by atoms with Crippen molar-refractivity contribution in [1.82, 2.24) is 5.32 Å². The van der Waals surface area contributed by atoms with Crippen molar-refractivity contribution in [2.45, 2.75) is 13.5 Å². The number of amides is 1. The van der Waals surface area contributed by atoms with E-state index in [1.54, 1.807) is 6.92 Å². The average Bonchev–Trinajstić information content (AvgIpc) is 2.67. The summed E-state index contributed by atoms with van der Waals surface area (Å²) in [5, 5.41) is 4.38. The van der Waals surface area contributed by atoms with Crippen LogP contribution in [0.1, 0.15) is 11.8 Å². The molecule has 0 saturated heterocycles. The van der Waals surface area contributed by atoms with E-state index >= 15 is 0 Å². The van der Waals surface area contributed by atoms with Crippen LogP contribution in [0.25, 0.3) is 0 Å². The molecule has 5 heteroatoms. The summed E-state index contributed by atoms with van der Waals surface area (Å²) in [5.41, 5.74) is 0. The first-order valence-electron chi connectivity index (χ1n) is 4.21. The van der Waals surface area contributed by atoms with E-state index in [9.17, 15) is 9.59 Å². The molecule has 0 aliphatic heterocycles. The molecule has 0 aliphatic carbocycles. The predicted molar refractivity (Wildman–Crippen MR) is 52.8 cm³/mol. The van der Waals surface area contributed by atoms with E-state index in [4.69, 9.17) is 0 Å². The number of ether oxygens (including phenoxy) is 1. The topological polar surface area (TPSA) is 55.4 Å². The van der Waals surface area contributed by atoms with E-state index in [1.165, 1.54) is 11.3 Å². The monoisotopic (exact) mass is 213 g/mol. The van der Waals surface area contributed by atoms with Crippen molar-refractivity contribution in [3.8, 4) is 0 Å². The summed E-state index contributed by atoms with van der Waals surface area (Å²) in [6.07, 6.45) is 0. The minimum absolute atomic E-state index is 0.214. The van der Waals surface area contributed by atoms with Crippen LogP contribution < -0.4 is 5.32 Å². The minimum atomic E-state index is -0.830. The van der Waals surface area contributed by atoms with Gasteiger partial charge in [-0.1, -0.05) is 6.07 Å². The molecule has 14 heavy (non-hydrogen) atoms. The molecular formula is C9H11NO3S.